The minimum atomic E-state index is 0.408. The lowest BCUT2D eigenvalue weighted by atomic mass is 9.64. The van der Waals surface area contributed by atoms with Gasteiger partial charge in [-0.3, -0.25) is 9.97 Å². The fourth-order valence-corrected chi connectivity index (χ4v) is 8.29. The van der Waals surface area contributed by atoms with Crippen LogP contribution in [0.25, 0.3) is 33.6 Å². The number of methoxy groups -OCH3 is 2. The summed E-state index contributed by atoms with van der Waals surface area (Å²) < 4.78 is 22.3. The van der Waals surface area contributed by atoms with Crippen molar-refractivity contribution in [3.05, 3.63) is 76.2 Å². The molecule has 9 nitrogen and oxygen atoms in total. The van der Waals surface area contributed by atoms with E-state index in [0.717, 1.165) is 91.3 Å². The van der Waals surface area contributed by atoms with Crippen LogP contribution in [0.5, 0.6) is 11.6 Å². The van der Waals surface area contributed by atoms with Crippen LogP contribution in [-0.2, 0) is 22.6 Å². The van der Waals surface area contributed by atoms with Crippen molar-refractivity contribution < 1.29 is 18.9 Å². The fourth-order valence-electron chi connectivity index (χ4n) is 7.64. The van der Waals surface area contributed by atoms with Gasteiger partial charge in [-0.15, -0.1) is 0 Å². The van der Waals surface area contributed by atoms with Gasteiger partial charge in [-0.05, 0) is 43.9 Å². The smallest absolute Gasteiger partial charge is 0.218 e. The minimum Gasteiger partial charge on any atom is -0.495 e. The predicted octanol–water partition coefficient (Wildman–Crippen LogP) is 6.73. The molecule has 4 fully saturated rings. The van der Waals surface area contributed by atoms with Crippen molar-refractivity contribution in [3.8, 4) is 45.3 Å². The zero-order valence-corrected chi connectivity index (χ0v) is 28.7. The zero-order chi connectivity index (χ0) is 32.9. The van der Waals surface area contributed by atoms with Gasteiger partial charge in [-0.1, -0.05) is 47.5 Å². The average Bonchev–Trinajstić information content (AvgIpc) is 3.02. The van der Waals surface area contributed by atoms with E-state index < -0.39 is 0 Å². The molecule has 5 heterocycles. The van der Waals surface area contributed by atoms with E-state index in [2.05, 4.69) is 21.7 Å². The molecule has 11 heteroatoms. The lowest BCUT2D eigenvalue weighted by Gasteiger charge is -2.53. The standard InChI is InChI=1S/C37H39Cl2N5O4/c1-45-31-10-23(16-43-30(31)17-42-25-13-37(14-25)20-48-21-37)34-33(39)27(8-9-40-34)26-4-3-5-28(32(26)38)29-7-6-22(35(44-29)46-2)15-41-24-11-36(12-24)18-47-19-36/h3-10,16,24-25,41-42H,11-15,17-21H2,1-2H3. The number of benzene rings is 1. The molecule has 4 aromatic rings. The Labute approximate surface area is 290 Å². The topological polar surface area (TPSA) is 99.7 Å². The van der Waals surface area contributed by atoms with Gasteiger partial charge in [0.2, 0.25) is 5.88 Å². The summed E-state index contributed by atoms with van der Waals surface area (Å²) in [4.78, 5) is 14.2. The maximum absolute atomic E-state index is 7.11. The van der Waals surface area contributed by atoms with E-state index in [0.29, 0.717) is 63.4 Å². The largest absolute Gasteiger partial charge is 0.495 e. The highest BCUT2D eigenvalue weighted by Gasteiger charge is 2.50. The van der Waals surface area contributed by atoms with Crippen molar-refractivity contribution in [2.45, 2.75) is 50.9 Å². The third-order valence-electron chi connectivity index (χ3n) is 10.5. The number of rotatable bonds is 11. The van der Waals surface area contributed by atoms with Crippen LogP contribution >= 0.6 is 23.2 Å². The number of hydrogen-bond donors (Lipinski definition) is 2. The lowest BCUT2D eigenvalue weighted by Crippen LogP contribution is -2.58. The normalized spacial score (nSPS) is 20.5. The highest BCUT2D eigenvalue weighted by molar-refractivity contribution is 6.39. The molecule has 2 spiro atoms. The van der Waals surface area contributed by atoms with Gasteiger partial charge < -0.3 is 29.6 Å². The maximum atomic E-state index is 7.11. The van der Waals surface area contributed by atoms with Crippen LogP contribution in [0.15, 0.2) is 54.9 Å². The van der Waals surface area contributed by atoms with Gasteiger partial charge in [0.25, 0.3) is 0 Å². The summed E-state index contributed by atoms with van der Waals surface area (Å²) in [6.07, 6.45) is 8.15. The van der Waals surface area contributed by atoms with E-state index in [1.54, 1.807) is 26.6 Å². The Morgan fingerprint density at radius 2 is 1.46 bits per heavy atom. The van der Waals surface area contributed by atoms with Crippen LogP contribution < -0.4 is 20.1 Å². The molecule has 3 aromatic heterocycles. The van der Waals surface area contributed by atoms with Crippen LogP contribution in [0.1, 0.15) is 36.9 Å². The molecule has 0 atom stereocenters. The van der Waals surface area contributed by atoms with Gasteiger partial charge in [0.1, 0.15) is 5.75 Å². The average molecular weight is 689 g/mol. The van der Waals surface area contributed by atoms with Gasteiger partial charge in [0.05, 0.1) is 67.8 Å². The third kappa shape index (κ3) is 5.84. The third-order valence-corrected chi connectivity index (χ3v) is 11.3. The van der Waals surface area contributed by atoms with E-state index in [1.807, 2.05) is 36.4 Å². The van der Waals surface area contributed by atoms with Crippen LogP contribution in [0, 0.1) is 10.8 Å². The first kappa shape index (κ1) is 31.9. The van der Waals surface area contributed by atoms with Gasteiger partial charge >= 0.3 is 0 Å². The van der Waals surface area contributed by atoms with Crippen molar-refractivity contribution in [3.63, 3.8) is 0 Å². The summed E-state index contributed by atoms with van der Waals surface area (Å²) in [6.45, 7) is 4.88. The van der Waals surface area contributed by atoms with Gasteiger partial charge in [-0.2, -0.15) is 0 Å². The highest BCUT2D eigenvalue weighted by Crippen LogP contribution is 2.48. The molecule has 2 N–H and O–H groups in total. The van der Waals surface area contributed by atoms with Crippen molar-refractivity contribution in [2.75, 3.05) is 40.6 Å². The Bertz CT molecular complexity index is 1700. The lowest BCUT2D eigenvalue weighted by molar-refractivity contribution is -0.167. The van der Waals surface area contributed by atoms with Gasteiger partial charge in [0.15, 0.2) is 0 Å². The number of halogens is 2. The first-order chi connectivity index (χ1) is 23.4. The first-order valence-corrected chi connectivity index (χ1v) is 17.3. The quantitative estimate of drug-likeness (QED) is 0.178. The second-order valence-electron chi connectivity index (χ2n) is 13.9. The van der Waals surface area contributed by atoms with Crippen LogP contribution in [0.4, 0.5) is 0 Å². The Morgan fingerprint density at radius 1 is 0.792 bits per heavy atom. The van der Waals surface area contributed by atoms with Gasteiger partial charge in [-0.25, -0.2) is 4.98 Å². The van der Waals surface area contributed by atoms with Gasteiger partial charge in [0, 0.05) is 76.2 Å². The van der Waals surface area contributed by atoms with E-state index in [4.69, 9.17) is 52.1 Å². The molecule has 8 rings (SSSR count). The molecule has 2 aliphatic carbocycles. The van der Waals surface area contributed by atoms with Crippen LogP contribution in [0.3, 0.4) is 0 Å². The van der Waals surface area contributed by atoms with Crippen molar-refractivity contribution in [1.82, 2.24) is 25.6 Å². The first-order valence-electron chi connectivity index (χ1n) is 16.5. The van der Waals surface area contributed by atoms with E-state index in [9.17, 15) is 0 Å². The Kier molecular flexibility index (Phi) is 8.55. The van der Waals surface area contributed by atoms with E-state index in [-0.39, 0.29) is 0 Å². The van der Waals surface area contributed by atoms with Crippen LogP contribution in [-0.4, -0.2) is 67.7 Å². The molecule has 0 radical (unpaired) electrons. The number of ether oxygens (including phenoxy) is 4. The second kappa shape index (κ2) is 12.9. The second-order valence-corrected chi connectivity index (χ2v) is 14.6. The summed E-state index contributed by atoms with van der Waals surface area (Å²) in [5, 5.41) is 8.29. The predicted molar refractivity (Wildman–Crippen MR) is 185 cm³/mol. The molecule has 2 saturated carbocycles. The fraction of sp³-hybridized carbons (Fsp3) is 0.432. The van der Waals surface area contributed by atoms with Crippen molar-refractivity contribution in [2.24, 2.45) is 10.8 Å². The maximum Gasteiger partial charge on any atom is 0.218 e. The summed E-state index contributed by atoms with van der Waals surface area (Å²) in [6, 6.07) is 14.7. The molecule has 250 valence electrons. The summed E-state index contributed by atoms with van der Waals surface area (Å²) in [7, 11) is 3.31. The number of hydrogen-bond acceptors (Lipinski definition) is 9. The molecule has 48 heavy (non-hydrogen) atoms. The summed E-state index contributed by atoms with van der Waals surface area (Å²) in [5.74, 6) is 1.27. The van der Waals surface area contributed by atoms with E-state index >= 15 is 0 Å². The molecule has 0 unspecified atom stereocenters. The Morgan fingerprint density at radius 3 is 2.10 bits per heavy atom. The zero-order valence-electron chi connectivity index (χ0n) is 27.2. The molecule has 1 aromatic carbocycles. The molecular weight excluding hydrogens is 649 g/mol. The molecule has 2 saturated heterocycles. The molecule has 0 bridgehead atoms. The number of pyridine rings is 3. The number of nitrogens with zero attached hydrogens (tertiary/aromatic N) is 3. The monoisotopic (exact) mass is 687 g/mol. The Hall–Kier alpha value is -3.31. The van der Waals surface area contributed by atoms with Crippen LogP contribution in [0.2, 0.25) is 10.0 Å². The number of nitrogens with one attached hydrogen (secondary N) is 2. The summed E-state index contributed by atoms with van der Waals surface area (Å²) in [5.41, 5.74) is 7.10. The molecule has 2 aliphatic heterocycles. The summed E-state index contributed by atoms with van der Waals surface area (Å²) >= 11 is 14.2. The van der Waals surface area contributed by atoms with Crippen molar-refractivity contribution in [1.29, 1.82) is 0 Å². The molecule has 0 amide bonds. The highest BCUT2D eigenvalue weighted by atomic mass is 35.5. The number of aromatic nitrogens is 3. The SMILES string of the molecule is COc1cc(-c2nccc(-c3cccc(-c4ccc(CNC5CC6(COC6)C5)c(OC)n4)c3Cl)c2Cl)cnc1CNC1CC2(COC2)C1. The molecule has 4 aliphatic rings. The minimum absolute atomic E-state index is 0.408. The molecular formula is C37H39Cl2N5O4. The van der Waals surface area contributed by atoms with Crippen molar-refractivity contribution >= 4 is 23.2 Å². The van der Waals surface area contributed by atoms with E-state index in [1.165, 1.54) is 0 Å². The Balaban J connectivity index is 0.999.